The summed E-state index contributed by atoms with van der Waals surface area (Å²) in [6, 6.07) is 9.28. The summed E-state index contributed by atoms with van der Waals surface area (Å²) in [6.07, 6.45) is -6.06. The van der Waals surface area contributed by atoms with Gasteiger partial charge >= 0.3 is 0 Å². The van der Waals surface area contributed by atoms with Crippen molar-refractivity contribution in [3.05, 3.63) is 35.9 Å². The molecule has 1 aromatic carbocycles. The minimum absolute atomic E-state index is 0. The summed E-state index contributed by atoms with van der Waals surface area (Å²) >= 11 is 0. The van der Waals surface area contributed by atoms with Crippen molar-refractivity contribution in [2.24, 2.45) is 0 Å². The van der Waals surface area contributed by atoms with Crippen LogP contribution in [0, 0.1) is 0 Å². The predicted molar refractivity (Wildman–Crippen MR) is 77.2 cm³/mol. The summed E-state index contributed by atoms with van der Waals surface area (Å²) in [5.41, 5.74) is 0.917. The van der Waals surface area contributed by atoms with Crippen LogP contribution in [0.3, 0.4) is 0 Å². The highest BCUT2D eigenvalue weighted by atomic mass is 19.0. The lowest BCUT2D eigenvalue weighted by Crippen LogP contribution is -2.47. The second kappa shape index (κ2) is 15.6. The zero-order valence-electron chi connectivity index (χ0n) is 12.1. The molecule has 0 aromatic heterocycles. The summed E-state index contributed by atoms with van der Waals surface area (Å²) in [5.74, 6) is 0. The summed E-state index contributed by atoms with van der Waals surface area (Å²) in [7, 11) is 0. The number of aliphatic hydroxyl groups is 5. The molecule has 0 aliphatic heterocycles. The summed E-state index contributed by atoms with van der Waals surface area (Å²) < 4.78 is 5.20. The van der Waals surface area contributed by atoms with E-state index in [0.29, 0.717) is 0 Å². The molecule has 0 bridgehead atoms. The first-order valence-electron chi connectivity index (χ1n) is 6.01. The van der Waals surface area contributed by atoms with Crippen molar-refractivity contribution in [1.82, 2.24) is 0 Å². The molecule has 0 saturated carbocycles. The van der Waals surface area contributed by atoms with E-state index in [1.807, 2.05) is 30.3 Å². The lowest BCUT2D eigenvalue weighted by molar-refractivity contribution is -0.130. The number of rotatable bonds is 8. The van der Waals surface area contributed by atoms with Gasteiger partial charge in [-0.1, -0.05) is 30.3 Å². The second-order valence-corrected chi connectivity index (χ2v) is 4.30. The molecular weight excluding hydrogens is 328 g/mol. The third-order valence-electron chi connectivity index (χ3n) is 2.73. The monoisotopic (exact) mass is 352 g/mol. The Balaban J connectivity index is -0.000000451. The molecule has 1 aromatic rings. The number of halogens is 4. The Labute approximate surface area is 130 Å². The van der Waals surface area contributed by atoms with Crippen molar-refractivity contribution >= 4 is 0 Å². The van der Waals surface area contributed by atoms with Gasteiger partial charge in [0.2, 0.25) is 0 Å². The summed E-state index contributed by atoms with van der Waals surface area (Å²) in [6.45, 7) is -0.621. The van der Waals surface area contributed by atoms with Gasteiger partial charge in [-0.2, -0.15) is 0 Å². The topological polar surface area (TPSA) is 110 Å². The van der Waals surface area contributed by atoms with Crippen molar-refractivity contribution in [2.45, 2.75) is 31.0 Å². The van der Waals surface area contributed by atoms with E-state index in [0.717, 1.165) is 5.56 Å². The van der Waals surface area contributed by atoms with Crippen LogP contribution in [-0.4, -0.2) is 63.2 Å². The smallest absolute Gasteiger partial charge is 0.111 e. The molecule has 6 nitrogen and oxygen atoms in total. The van der Waals surface area contributed by atoms with Gasteiger partial charge in [-0.3, -0.25) is 18.8 Å². The van der Waals surface area contributed by atoms with E-state index in [1.54, 1.807) is 0 Å². The maximum absolute atomic E-state index is 9.58. The van der Waals surface area contributed by atoms with Crippen LogP contribution in [0.2, 0.25) is 0 Å². The summed E-state index contributed by atoms with van der Waals surface area (Å²) in [4.78, 5) is 0. The van der Waals surface area contributed by atoms with E-state index in [4.69, 9.17) is 14.9 Å². The third-order valence-corrected chi connectivity index (χ3v) is 2.73. The first-order valence-corrected chi connectivity index (χ1v) is 6.01. The highest BCUT2D eigenvalue weighted by Gasteiger charge is 2.29. The van der Waals surface area contributed by atoms with Gasteiger partial charge in [0.25, 0.3) is 0 Å². The zero-order chi connectivity index (χ0) is 14.3. The van der Waals surface area contributed by atoms with Crippen LogP contribution in [0.25, 0.3) is 0 Å². The maximum atomic E-state index is 9.58. The molecule has 5 N–H and O–H groups in total. The first kappa shape index (κ1) is 29.7. The minimum Gasteiger partial charge on any atom is -0.394 e. The van der Waals surface area contributed by atoms with Crippen molar-refractivity contribution in [3.8, 4) is 0 Å². The van der Waals surface area contributed by atoms with Gasteiger partial charge < -0.3 is 30.3 Å². The van der Waals surface area contributed by atoms with E-state index in [1.165, 1.54) is 0 Å². The third kappa shape index (κ3) is 10.2. The van der Waals surface area contributed by atoms with Crippen molar-refractivity contribution in [3.63, 3.8) is 0 Å². The van der Waals surface area contributed by atoms with Crippen molar-refractivity contribution in [1.29, 1.82) is 0 Å². The Morgan fingerprint density at radius 2 is 1.26 bits per heavy atom. The Bertz CT molecular complexity index is 360. The number of benzene rings is 1. The van der Waals surface area contributed by atoms with Crippen LogP contribution in [0.15, 0.2) is 30.3 Å². The minimum atomic E-state index is -1.62. The molecule has 4 atom stereocenters. The summed E-state index contributed by atoms with van der Waals surface area (Å²) in [5, 5.41) is 46.3. The van der Waals surface area contributed by atoms with Crippen LogP contribution >= 0.6 is 0 Å². The van der Waals surface area contributed by atoms with Gasteiger partial charge in [0.05, 0.1) is 19.8 Å². The molecule has 0 spiro atoms. The van der Waals surface area contributed by atoms with Gasteiger partial charge in [0.1, 0.15) is 24.4 Å². The van der Waals surface area contributed by atoms with Crippen LogP contribution in [0.1, 0.15) is 5.56 Å². The molecule has 0 aliphatic carbocycles. The Kier molecular flexibility index (Phi) is 20.1. The molecule has 0 aliphatic rings. The molecule has 10 heteroatoms. The van der Waals surface area contributed by atoms with Crippen molar-refractivity contribution in [2.75, 3.05) is 13.2 Å². The molecule has 0 radical (unpaired) electrons. The fourth-order valence-corrected chi connectivity index (χ4v) is 1.53. The number of aliphatic hydroxyl groups excluding tert-OH is 5. The molecule has 0 amide bonds. The quantitative estimate of drug-likeness (QED) is 0.394. The molecular formula is C13H24F4O6. The van der Waals surface area contributed by atoms with Crippen LogP contribution in [-0.2, 0) is 11.3 Å². The highest BCUT2D eigenvalue weighted by molar-refractivity contribution is 5.13. The molecule has 23 heavy (non-hydrogen) atoms. The highest BCUT2D eigenvalue weighted by Crippen LogP contribution is 2.07. The predicted octanol–water partition coefficient (Wildman–Crippen LogP) is -0.751. The normalized spacial score (nSPS) is 14.7. The van der Waals surface area contributed by atoms with E-state index in [2.05, 4.69) is 0 Å². The molecule has 1 rings (SSSR count). The van der Waals surface area contributed by atoms with Crippen LogP contribution in [0.4, 0.5) is 18.8 Å². The second-order valence-electron chi connectivity index (χ2n) is 4.30. The standard InChI is InChI=1S/C13H20O6.4FH/c14-6-10(15)12(17)13(18)11(16)8-19-7-9-4-2-1-3-5-9;;;;/h1-5,10-18H,6-8H2;4*1H. The SMILES string of the molecule is F.F.F.F.OCC(O)C(O)C(O)C(O)COCc1ccccc1. The molecule has 0 fully saturated rings. The first-order chi connectivity index (χ1) is 9.06. The molecule has 140 valence electrons. The van der Waals surface area contributed by atoms with Gasteiger partial charge in [0, 0.05) is 0 Å². The van der Waals surface area contributed by atoms with E-state index < -0.39 is 31.0 Å². The Morgan fingerprint density at radius 1 is 0.783 bits per heavy atom. The Morgan fingerprint density at radius 3 is 1.74 bits per heavy atom. The number of hydrogen-bond acceptors (Lipinski definition) is 6. The maximum Gasteiger partial charge on any atom is 0.111 e. The lowest BCUT2D eigenvalue weighted by atomic mass is 10.0. The molecule has 4 unspecified atom stereocenters. The number of ether oxygens (including phenoxy) is 1. The average Bonchev–Trinajstić information content (AvgIpc) is 2.45. The van der Waals surface area contributed by atoms with E-state index in [-0.39, 0.29) is 32.0 Å². The van der Waals surface area contributed by atoms with Gasteiger partial charge in [-0.05, 0) is 5.56 Å². The van der Waals surface area contributed by atoms with E-state index in [9.17, 15) is 15.3 Å². The molecule has 0 heterocycles. The number of hydrogen-bond donors (Lipinski definition) is 5. The largest absolute Gasteiger partial charge is 0.394 e. The van der Waals surface area contributed by atoms with Crippen molar-refractivity contribution < 1.29 is 49.1 Å². The fourth-order valence-electron chi connectivity index (χ4n) is 1.53. The zero-order valence-corrected chi connectivity index (χ0v) is 12.1. The van der Waals surface area contributed by atoms with Gasteiger partial charge in [-0.25, -0.2) is 0 Å². The van der Waals surface area contributed by atoms with E-state index >= 15 is 0 Å². The van der Waals surface area contributed by atoms with Crippen LogP contribution in [0.5, 0.6) is 0 Å². The average molecular weight is 352 g/mol. The van der Waals surface area contributed by atoms with Gasteiger partial charge in [0.15, 0.2) is 0 Å². The van der Waals surface area contributed by atoms with Gasteiger partial charge in [-0.15, -0.1) is 0 Å². The van der Waals surface area contributed by atoms with Crippen LogP contribution < -0.4 is 0 Å². The lowest BCUT2D eigenvalue weighted by Gasteiger charge is -2.25. The fraction of sp³-hybridized carbons (Fsp3) is 0.538. The Hall–Kier alpha value is -1.30. The molecule has 0 saturated heterocycles.